The Morgan fingerprint density at radius 2 is 2.00 bits per heavy atom. The van der Waals surface area contributed by atoms with Crippen molar-refractivity contribution >= 4 is 33.0 Å². The van der Waals surface area contributed by atoms with E-state index in [2.05, 4.69) is 30.2 Å². The van der Waals surface area contributed by atoms with Crippen molar-refractivity contribution < 1.29 is 22.3 Å². The van der Waals surface area contributed by atoms with Gasteiger partial charge in [0.15, 0.2) is 0 Å². The van der Waals surface area contributed by atoms with E-state index in [1.54, 1.807) is 29.5 Å². The molecule has 1 aromatic carbocycles. The SMILES string of the molecule is Cc1cc2[nH]ncc2c(-c2nn(C)c3c4cnc(OC[C@@]56CCCN5C[C@H](F)C6)nc4n(C)c23)c1C(F)(F)F. The molecule has 0 radical (unpaired) electrons. The number of nitrogens with one attached hydrogen (secondary N) is 1. The molecule has 13 heteroatoms. The lowest BCUT2D eigenvalue weighted by molar-refractivity contribution is -0.137. The molecule has 2 aliphatic heterocycles. The number of nitrogens with zero attached hydrogens (tertiary/aromatic N) is 7. The molecule has 2 aliphatic rings. The van der Waals surface area contributed by atoms with Gasteiger partial charge in [-0.2, -0.15) is 28.4 Å². The van der Waals surface area contributed by atoms with Gasteiger partial charge in [0.25, 0.3) is 0 Å². The number of hydrogen-bond donors (Lipinski definition) is 1. The highest BCUT2D eigenvalue weighted by atomic mass is 19.4. The predicted molar refractivity (Wildman–Crippen MR) is 136 cm³/mol. The van der Waals surface area contributed by atoms with Crippen LogP contribution in [0.25, 0.3) is 44.2 Å². The van der Waals surface area contributed by atoms with Crippen LogP contribution in [0.5, 0.6) is 6.01 Å². The maximum Gasteiger partial charge on any atom is 0.417 e. The Bertz CT molecular complexity index is 1770. The number of aryl methyl sites for hydroxylation is 3. The Hall–Kier alpha value is -3.74. The van der Waals surface area contributed by atoms with Crippen LogP contribution in [-0.4, -0.2) is 70.8 Å². The van der Waals surface area contributed by atoms with E-state index in [-0.39, 0.29) is 35.0 Å². The number of hydrogen-bond acceptors (Lipinski definition) is 6. The first-order valence-electron chi connectivity index (χ1n) is 12.8. The minimum Gasteiger partial charge on any atom is -0.461 e. The third kappa shape index (κ3) is 3.48. The van der Waals surface area contributed by atoms with Crippen LogP contribution in [0, 0.1) is 6.92 Å². The molecule has 39 heavy (non-hydrogen) atoms. The van der Waals surface area contributed by atoms with Crippen molar-refractivity contribution in [2.75, 3.05) is 19.7 Å². The number of benzene rings is 1. The molecule has 5 aromatic rings. The molecule has 2 saturated heterocycles. The summed E-state index contributed by atoms with van der Waals surface area (Å²) in [5.74, 6) is 0. The van der Waals surface area contributed by atoms with Crippen molar-refractivity contribution in [1.29, 1.82) is 0 Å². The third-order valence-electron chi connectivity index (χ3n) is 8.37. The van der Waals surface area contributed by atoms with Gasteiger partial charge in [-0.25, -0.2) is 9.37 Å². The molecule has 0 bridgehead atoms. The molecule has 4 aromatic heterocycles. The van der Waals surface area contributed by atoms with Crippen LogP contribution in [0.2, 0.25) is 0 Å². The number of aromatic amines is 1. The number of ether oxygens (including phenoxy) is 1. The molecule has 0 amide bonds. The van der Waals surface area contributed by atoms with E-state index in [0.29, 0.717) is 45.9 Å². The smallest absolute Gasteiger partial charge is 0.417 e. The average Bonchev–Trinajstić information content (AvgIpc) is 3.65. The van der Waals surface area contributed by atoms with Crippen LogP contribution < -0.4 is 4.74 Å². The minimum absolute atomic E-state index is 0.0328. The summed E-state index contributed by atoms with van der Waals surface area (Å²) < 4.78 is 66.6. The van der Waals surface area contributed by atoms with Gasteiger partial charge in [0, 0.05) is 44.2 Å². The van der Waals surface area contributed by atoms with E-state index < -0.39 is 17.9 Å². The number of H-pyrrole nitrogens is 1. The lowest BCUT2D eigenvalue weighted by Crippen LogP contribution is -2.43. The minimum atomic E-state index is -4.60. The van der Waals surface area contributed by atoms with E-state index in [1.807, 2.05) is 0 Å². The summed E-state index contributed by atoms with van der Waals surface area (Å²) in [5, 5.41) is 12.3. The fraction of sp³-hybridized carbons (Fsp3) is 0.462. The maximum atomic E-state index is 14.4. The quantitative estimate of drug-likeness (QED) is 0.332. The molecule has 0 spiro atoms. The molecule has 0 saturated carbocycles. The van der Waals surface area contributed by atoms with E-state index >= 15 is 0 Å². The van der Waals surface area contributed by atoms with Gasteiger partial charge in [0.2, 0.25) is 0 Å². The Morgan fingerprint density at radius 3 is 2.79 bits per heavy atom. The first kappa shape index (κ1) is 24.3. The second-order valence-corrected chi connectivity index (χ2v) is 10.8. The Kier molecular flexibility index (Phi) is 5.07. The molecule has 9 nitrogen and oxygen atoms in total. The topological polar surface area (TPSA) is 89.7 Å². The molecular formula is C26H26F4N8O. The highest BCUT2D eigenvalue weighted by molar-refractivity contribution is 6.12. The number of aromatic nitrogens is 7. The number of alkyl halides is 4. The Balaban J connectivity index is 1.37. The van der Waals surface area contributed by atoms with Gasteiger partial charge in [-0.15, -0.1) is 0 Å². The maximum absolute atomic E-state index is 14.4. The van der Waals surface area contributed by atoms with Crippen molar-refractivity contribution in [3.63, 3.8) is 0 Å². The van der Waals surface area contributed by atoms with Crippen molar-refractivity contribution in [2.24, 2.45) is 14.1 Å². The molecule has 6 heterocycles. The average molecular weight is 543 g/mol. The van der Waals surface area contributed by atoms with E-state index in [4.69, 9.17) is 4.74 Å². The fourth-order valence-electron chi connectivity index (χ4n) is 6.74. The zero-order valence-electron chi connectivity index (χ0n) is 21.6. The predicted octanol–water partition coefficient (Wildman–Crippen LogP) is 4.68. The largest absolute Gasteiger partial charge is 0.461 e. The van der Waals surface area contributed by atoms with Crippen LogP contribution in [-0.2, 0) is 20.3 Å². The second kappa shape index (κ2) is 8.13. The first-order valence-corrected chi connectivity index (χ1v) is 12.8. The number of halogens is 4. The standard InChI is InChI=1S/C26H26F4N8O/c1-13-7-17-15(10-32-34-17)18(19(13)26(28,29)30)20-22-21(37(3)35-20)16-9-31-24(33-23(16)36(22)2)39-12-25-5-4-6-38(25)11-14(27)8-25/h7,9-10,14H,4-6,8,11-12H2,1-3H3,(H,32,34)/t14-,25+/m1/s1. The summed E-state index contributed by atoms with van der Waals surface area (Å²) in [6.07, 6.45) is -0.185. The molecule has 1 N–H and O–H groups in total. The molecule has 2 atom stereocenters. The van der Waals surface area contributed by atoms with Crippen molar-refractivity contribution in [3.05, 3.63) is 29.6 Å². The number of fused-ring (bicyclic) bond motifs is 5. The van der Waals surface area contributed by atoms with Gasteiger partial charge in [0.1, 0.15) is 24.1 Å². The summed E-state index contributed by atoms with van der Waals surface area (Å²) in [5.41, 5.74) is 1.22. The van der Waals surface area contributed by atoms with Gasteiger partial charge in [-0.3, -0.25) is 14.7 Å². The Morgan fingerprint density at radius 1 is 1.18 bits per heavy atom. The normalized spacial score (nSPS) is 22.1. The van der Waals surface area contributed by atoms with Crippen molar-refractivity contribution in [3.8, 4) is 17.3 Å². The van der Waals surface area contributed by atoms with Crippen LogP contribution in [0.3, 0.4) is 0 Å². The van der Waals surface area contributed by atoms with Crippen molar-refractivity contribution in [2.45, 2.75) is 44.1 Å². The Labute approximate surface area is 219 Å². The fourth-order valence-corrected chi connectivity index (χ4v) is 6.74. The lowest BCUT2D eigenvalue weighted by Gasteiger charge is -2.30. The van der Waals surface area contributed by atoms with Gasteiger partial charge in [-0.05, 0) is 37.9 Å². The molecular weight excluding hydrogens is 516 g/mol. The third-order valence-corrected chi connectivity index (χ3v) is 8.37. The van der Waals surface area contributed by atoms with E-state index in [9.17, 15) is 17.6 Å². The van der Waals surface area contributed by atoms with Crippen LogP contribution in [0.1, 0.15) is 30.4 Å². The van der Waals surface area contributed by atoms with Gasteiger partial charge in [0.05, 0.1) is 39.2 Å². The van der Waals surface area contributed by atoms with Crippen molar-refractivity contribution in [1.82, 2.24) is 39.4 Å². The highest BCUT2D eigenvalue weighted by Gasteiger charge is 2.49. The molecule has 204 valence electrons. The van der Waals surface area contributed by atoms with Gasteiger partial charge in [-0.1, -0.05) is 0 Å². The van der Waals surface area contributed by atoms with E-state index in [0.717, 1.165) is 19.4 Å². The zero-order valence-corrected chi connectivity index (χ0v) is 21.6. The van der Waals surface area contributed by atoms with Gasteiger partial charge >= 0.3 is 12.2 Å². The summed E-state index contributed by atoms with van der Waals surface area (Å²) >= 11 is 0. The molecule has 2 fully saturated rings. The highest BCUT2D eigenvalue weighted by Crippen LogP contribution is 2.46. The zero-order chi connectivity index (χ0) is 27.3. The van der Waals surface area contributed by atoms with Crippen LogP contribution >= 0.6 is 0 Å². The summed E-state index contributed by atoms with van der Waals surface area (Å²) in [7, 11) is 3.43. The number of rotatable bonds is 4. The summed E-state index contributed by atoms with van der Waals surface area (Å²) in [6.45, 7) is 2.99. The first-order chi connectivity index (χ1) is 18.6. The van der Waals surface area contributed by atoms with Gasteiger partial charge < -0.3 is 9.30 Å². The molecule has 0 unspecified atom stereocenters. The second-order valence-electron chi connectivity index (χ2n) is 10.8. The van der Waals surface area contributed by atoms with Crippen LogP contribution in [0.15, 0.2) is 18.5 Å². The summed E-state index contributed by atoms with van der Waals surface area (Å²) in [6, 6.07) is 1.60. The summed E-state index contributed by atoms with van der Waals surface area (Å²) in [4.78, 5) is 11.2. The lowest BCUT2D eigenvalue weighted by atomic mass is 9.95. The molecule has 7 rings (SSSR count). The molecule has 0 aliphatic carbocycles. The van der Waals surface area contributed by atoms with E-state index in [1.165, 1.54) is 19.2 Å². The van der Waals surface area contributed by atoms with Crippen LogP contribution in [0.4, 0.5) is 17.6 Å². The monoisotopic (exact) mass is 542 g/mol.